The maximum absolute atomic E-state index is 15.7. The number of aromatic nitrogens is 4. The monoisotopic (exact) mass is 558 g/mol. The molecule has 0 bridgehead atoms. The lowest BCUT2D eigenvalue weighted by molar-refractivity contribution is 0.0599. The summed E-state index contributed by atoms with van der Waals surface area (Å²) in [4.78, 5) is 18.3. The fourth-order valence-corrected chi connectivity index (χ4v) is 6.02. The van der Waals surface area contributed by atoms with E-state index in [1.807, 2.05) is 0 Å². The van der Waals surface area contributed by atoms with Crippen LogP contribution in [-0.4, -0.2) is 41.7 Å². The number of nitrogens with one attached hydrogen (secondary N) is 2. The third-order valence-electron chi connectivity index (χ3n) is 6.25. The Bertz CT molecular complexity index is 1870. The van der Waals surface area contributed by atoms with Crippen LogP contribution in [-0.2, 0) is 20.3 Å². The maximum atomic E-state index is 15.7. The van der Waals surface area contributed by atoms with Crippen LogP contribution in [0, 0.1) is 30.2 Å². The van der Waals surface area contributed by atoms with Crippen LogP contribution >= 0.6 is 0 Å². The zero-order valence-corrected chi connectivity index (χ0v) is 21.1. The topological polar surface area (TPSA) is 118 Å². The Kier molecular flexibility index (Phi) is 6.46. The minimum Gasteiger partial charge on any atom is -0.465 e. The number of ether oxygens (including phenoxy) is 1. The van der Waals surface area contributed by atoms with Crippen molar-refractivity contribution in [2.75, 3.05) is 7.11 Å². The molecule has 2 N–H and O–H groups in total. The summed E-state index contributed by atoms with van der Waals surface area (Å²) in [5, 5.41) is 6.85. The number of imidazole rings is 1. The third kappa shape index (κ3) is 4.44. The molecule has 2 aromatic heterocycles. The van der Waals surface area contributed by atoms with Gasteiger partial charge in [0.15, 0.2) is 21.5 Å². The first-order chi connectivity index (χ1) is 18.5. The van der Waals surface area contributed by atoms with Gasteiger partial charge in [-0.2, -0.15) is 5.10 Å². The predicted molar refractivity (Wildman–Crippen MR) is 132 cm³/mol. The fraction of sp³-hybridized carbons (Fsp3) is 0.115. The van der Waals surface area contributed by atoms with Gasteiger partial charge in [0, 0.05) is 28.9 Å². The molecule has 39 heavy (non-hydrogen) atoms. The van der Waals surface area contributed by atoms with E-state index in [1.54, 1.807) is 6.20 Å². The Morgan fingerprint density at radius 1 is 1.05 bits per heavy atom. The Hall–Kier alpha value is -4.52. The summed E-state index contributed by atoms with van der Waals surface area (Å²) in [6.07, 6.45) is 3.04. The van der Waals surface area contributed by atoms with E-state index in [4.69, 9.17) is 0 Å². The molecule has 0 aliphatic heterocycles. The highest BCUT2D eigenvalue weighted by atomic mass is 32.2. The number of sulfone groups is 1. The normalized spacial score (nSPS) is 11.7. The quantitative estimate of drug-likeness (QED) is 0.217. The van der Waals surface area contributed by atoms with Crippen molar-refractivity contribution in [3.05, 3.63) is 88.8 Å². The summed E-state index contributed by atoms with van der Waals surface area (Å²) in [5.41, 5.74) is -2.04. The summed E-state index contributed by atoms with van der Waals surface area (Å²) < 4.78 is 91.2. The average molecular weight is 559 g/mol. The van der Waals surface area contributed by atoms with E-state index < -0.39 is 66.4 Å². The smallest absolute Gasteiger partial charge is 0.338 e. The number of aromatic amines is 2. The maximum Gasteiger partial charge on any atom is 0.338 e. The predicted octanol–water partition coefficient (Wildman–Crippen LogP) is 5.25. The lowest BCUT2D eigenvalue weighted by atomic mass is 9.99. The number of methoxy groups -OCH3 is 1. The highest BCUT2D eigenvalue weighted by molar-refractivity contribution is 7.90. The fourth-order valence-electron chi connectivity index (χ4n) is 4.36. The molecule has 0 aliphatic rings. The second kappa shape index (κ2) is 9.66. The van der Waals surface area contributed by atoms with Gasteiger partial charge in [-0.15, -0.1) is 0 Å². The molecule has 13 heteroatoms. The van der Waals surface area contributed by atoms with Crippen molar-refractivity contribution in [1.29, 1.82) is 0 Å². The Balaban J connectivity index is 1.59. The molecule has 0 spiro atoms. The molecule has 5 aromatic rings. The molecule has 0 amide bonds. The van der Waals surface area contributed by atoms with E-state index in [9.17, 15) is 22.0 Å². The number of hydrogen-bond acceptors (Lipinski definition) is 6. The number of esters is 1. The van der Waals surface area contributed by atoms with Crippen LogP contribution in [0.5, 0.6) is 0 Å². The van der Waals surface area contributed by atoms with Crippen LogP contribution in [0.4, 0.5) is 17.6 Å². The number of benzene rings is 3. The molecule has 3 aromatic carbocycles. The van der Waals surface area contributed by atoms with Gasteiger partial charge >= 0.3 is 5.97 Å². The molecule has 2 heterocycles. The third-order valence-corrected chi connectivity index (χ3v) is 8.04. The number of halogens is 4. The second-order valence-corrected chi connectivity index (χ2v) is 10.5. The summed E-state index contributed by atoms with van der Waals surface area (Å²) in [6.45, 7) is 1.27. The molecule has 5 rings (SSSR count). The standard InChI is InChI=1S/C26H18F4N4O4S/c1-12-17(26(35)38-2)9-14(27)10-19(12)39(36,37)11-13-3-6-18(28)20(21(13)29)15-4-5-16-23(22(15)30)33-34-24(16)25-31-7-8-32-25/h3-10H,11H2,1-2H3,(H,31,32)(H,33,34). The summed E-state index contributed by atoms with van der Waals surface area (Å²) >= 11 is 0. The van der Waals surface area contributed by atoms with E-state index in [0.717, 1.165) is 31.4 Å². The molecular formula is C26H18F4N4O4S. The number of nitrogens with zero attached hydrogens (tertiary/aromatic N) is 2. The first-order valence-corrected chi connectivity index (χ1v) is 12.9. The largest absolute Gasteiger partial charge is 0.465 e. The van der Waals surface area contributed by atoms with Crippen molar-refractivity contribution >= 4 is 26.7 Å². The van der Waals surface area contributed by atoms with E-state index >= 15 is 8.78 Å². The van der Waals surface area contributed by atoms with Crippen LogP contribution in [0.3, 0.4) is 0 Å². The van der Waals surface area contributed by atoms with Crippen molar-refractivity contribution in [3.63, 3.8) is 0 Å². The van der Waals surface area contributed by atoms with Crippen LogP contribution < -0.4 is 0 Å². The minimum absolute atomic E-state index is 0.103. The van der Waals surface area contributed by atoms with Crippen LogP contribution in [0.15, 0.2) is 53.7 Å². The molecule has 0 unspecified atom stereocenters. The van der Waals surface area contributed by atoms with Crippen LogP contribution in [0.25, 0.3) is 33.5 Å². The van der Waals surface area contributed by atoms with Gasteiger partial charge in [-0.1, -0.05) is 12.1 Å². The van der Waals surface area contributed by atoms with E-state index in [1.165, 1.54) is 19.2 Å². The van der Waals surface area contributed by atoms with Gasteiger partial charge in [-0.25, -0.2) is 35.8 Å². The number of carbonyl (C=O) groups is 1. The highest BCUT2D eigenvalue weighted by Gasteiger charge is 2.28. The number of carbonyl (C=O) groups excluding carboxylic acids is 1. The number of fused-ring (bicyclic) bond motifs is 1. The molecule has 8 nitrogen and oxygen atoms in total. The Morgan fingerprint density at radius 3 is 2.51 bits per heavy atom. The molecular weight excluding hydrogens is 540 g/mol. The number of hydrogen-bond donors (Lipinski definition) is 2. The Morgan fingerprint density at radius 2 is 1.82 bits per heavy atom. The SMILES string of the molecule is COC(=O)c1cc(F)cc(S(=O)(=O)Cc2ccc(F)c(-c3ccc4c(-c5ncc[nH]5)[nH]nc4c3F)c2F)c1C. The second-order valence-electron chi connectivity index (χ2n) is 8.58. The summed E-state index contributed by atoms with van der Waals surface area (Å²) in [6, 6.07) is 5.79. The number of rotatable bonds is 6. The lowest BCUT2D eigenvalue weighted by Crippen LogP contribution is -2.13. The molecule has 0 saturated carbocycles. The van der Waals surface area contributed by atoms with Crippen LogP contribution in [0.2, 0.25) is 0 Å². The summed E-state index contributed by atoms with van der Waals surface area (Å²) in [7, 11) is -3.41. The first-order valence-electron chi connectivity index (χ1n) is 11.3. The zero-order valence-electron chi connectivity index (χ0n) is 20.3. The summed E-state index contributed by atoms with van der Waals surface area (Å²) in [5.74, 6) is -6.13. The van der Waals surface area contributed by atoms with Gasteiger partial charge in [-0.05, 0) is 36.8 Å². The van der Waals surface area contributed by atoms with Gasteiger partial charge in [0.25, 0.3) is 0 Å². The van der Waals surface area contributed by atoms with Crippen molar-refractivity contribution < 1.29 is 35.5 Å². The van der Waals surface area contributed by atoms with Gasteiger partial charge in [-0.3, -0.25) is 5.10 Å². The molecule has 0 aliphatic carbocycles. The Labute approximate surface area is 218 Å². The first kappa shape index (κ1) is 26.1. The van der Waals surface area contributed by atoms with Crippen molar-refractivity contribution in [3.8, 4) is 22.6 Å². The van der Waals surface area contributed by atoms with Crippen molar-refractivity contribution in [1.82, 2.24) is 20.2 Å². The number of H-pyrrole nitrogens is 2. The van der Waals surface area contributed by atoms with Crippen LogP contribution in [0.1, 0.15) is 21.5 Å². The zero-order chi connectivity index (χ0) is 28.1. The molecule has 0 fully saturated rings. The van der Waals surface area contributed by atoms with Crippen molar-refractivity contribution in [2.45, 2.75) is 17.6 Å². The average Bonchev–Trinajstić information content (AvgIpc) is 3.58. The minimum atomic E-state index is -4.46. The van der Waals surface area contributed by atoms with E-state index in [2.05, 4.69) is 24.9 Å². The molecule has 0 radical (unpaired) electrons. The lowest BCUT2D eigenvalue weighted by Gasteiger charge is -2.14. The molecule has 200 valence electrons. The molecule has 0 atom stereocenters. The van der Waals surface area contributed by atoms with Gasteiger partial charge in [0.05, 0.1) is 28.9 Å². The van der Waals surface area contributed by atoms with E-state index in [-0.39, 0.29) is 16.6 Å². The molecule has 0 saturated heterocycles. The van der Waals surface area contributed by atoms with Gasteiger partial charge < -0.3 is 9.72 Å². The van der Waals surface area contributed by atoms with E-state index in [0.29, 0.717) is 23.0 Å². The van der Waals surface area contributed by atoms with Gasteiger partial charge in [0.2, 0.25) is 0 Å². The van der Waals surface area contributed by atoms with Crippen molar-refractivity contribution in [2.24, 2.45) is 0 Å². The highest BCUT2D eigenvalue weighted by Crippen LogP contribution is 2.36. The van der Waals surface area contributed by atoms with Gasteiger partial charge in [0.1, 0.15) is 28.7 Å².